The van der Waals surface area contributed by atoms with E-state index in [2.05, 4.69) is 20.4 Å². The minimum atomic E-state index is -1.89. The summed E-state index contributed by atoms with van der Waals surface area (Å²) >= 11 is 0. The van der Waals surface area contributed by atoms with Crippen molar-refractivity contribution in [2.24, 2.45) is 0 Å². The highest BCUT2D eigenvalue weighted by Crippen LogP contribution is 2.16. The molecule has 0 amide bonds. The molecule has 0 aromatic carbocycles. The monoisotopic (exact) mass is 248 g/mol. The molecule has 0 aliphatic heterocycles. The van der Waals surface area contributed by atoms with Crippen LogP contribution in [0.3, 0.4) is 0 Å². The van der Waals surface area contributed by atoms with Gasteiger partial charge in [0.1, 0.15) is 0 Å². The first-order chi connectivity index (χ1) is 7.04. The quantitative estimate of drug-likeness (QED) is 0.464. The van der Waals surface area contributed by atoms with Crippen molar-refractivity contribution in [1.82, 2.24) is 0 Å². The molecule has 0 aromatic heterocycles. The van der Waals surface area contributed by atoms with Crippen molar-refractivity contribution >= 4 is 18.3 Å². The molecule has 0 N–H and O–H groups in total. The van der Waals surface area contributed by atoms with E-state index in [9.17, 15) is 0 Å². The molecule has 0 saturated heterocycles. The first-order valence-corrected chi connectivity index (χ1v) is 9.34. The summed E-state index contributed by atoms with van der Waals surface area (Å²) in [6.45, 7) is 11.8. The fraction of sp³-hybridized carbons (Fsp3) is 1.00. The smallest absolute Gasteiger partial charge is 0.334 e. The van der Waals surface area contributed by atoms with Gasteiger partial charge in [-0.05, 0) is 46.3 Å². The molecule has 3 nitrogen and oxygen atoms in total. The van der Waals surface area contributed by atoms with Crippen LogP contribution in [0.5, 0.6) is 0 Å². The molecule has 0 saturated carbocycles. The van der Waals surface area contributed by atoms with Gasteiger partial charge in [-0.15, -0.1) is 0 Å². The van der Waals surface area contributed by atoms with E-state index in [1.54, 1.807) is 0 Å². The molecule has 0 bridgehead atoms. The minimum absolute atomic E-state index is 0.329. The minimum Gasteiger partial charge on any atom is -0.415 e. The van der Waals surface area contributed by atoms with Gasteiger partial charge in [0.2, 0.25) is 9.76 Å². The third-order valence-corrected chi connectivity index (χ3v) is 6.45. The van der Waals surface area contributed by atoms with Crippen LogP contribution in [0.1, 0.15) is 27.7 Å². The zero-order valence-electron chi connectivity index (χ0n) is 10.6. The summed E-state index contributed by atoms with van der Waals surface area (Å²) in [6.07, 6.45) is 0.329. The highest BCUT2D eigenvalue weighted by molar-refractivity contribution is 6.66. The fourth-order valence-corrected chi connectivity index (χ4v) is 5.57. The maximum atomic E-state index is 5.74. The van der Waals surface area contributed by atoms with Gasteiger partial charge in [-0.2, -0.15) is 0 Å². The highest BCUT2D eigenvalue weighted by atomic mass is 28.4. The van der Waals surface area contributed by atoms with Crippen LogP contribution >= 0.6 is 0 Å². The molecule has 0 aromatic rings. The fourth-order valence-electron chi connectivity index (χ4n) is 1.30. The predicted octanol–water partition coefficient (Wildman–Crippen LogP) is 2.59. The molecule has 0 atom stereocenters. The normalized spacial score (nSPS) is 12.4. The largest absolute Gasteiger partial charge is 0.415 e. The van der Waals surface area contributed by atoms with E-state index >= 15 is 0 Å². The Labute approximate surface area is 97.7 Å². The van der Waals surface area contributed by atoms with E-state index in [0.29, 0.717) is 15.9 Å². The van der Waals surface area contributed by atoms with Crippen LogP contribution in [0.25, 0.3) is 0 Å². The van der Waals surface area contributed by atoms with Gasteiger partial charge >= 0.3 is 8.56 Å². The molecule has 0 heterocycles. The first kappa shape index (κ1) is 15.3. The van der Waals surface area contributed by atoms with Crippen molar-refractivity contribution in [3.05, 3.63) is 0 Å². The van der Waals surface area contributed by atoms with Crippen molar-refractivity contribution in [2.75, 3.05) is 13.2 Å². The average molecular weight is 248 g/mol. The van der Waals surface area contributed by atoms with Gasteiger partial charge in [0.25, 0.3) is 0 Å². The molecule has 2 radical (unpaired) electrons. The lowest BCUT2D eigenvalue weighted by atomic mass is 10.5. The van der Waals surface area contributed by atoms with Crippen LogP contribution in [-0.4, -0.2) is 37.6 Å². The van der Waals surface area contributed by atoms with Gasteiger partial charge in [-0.25, -0.2) is 0 Å². The highest BCUT2D eigenvalue weighted by Gasteiger charge is 2.30. The number of hydrogen-bond donors (Lipinski definition) is 0. The van der Waals surface area contributed by atoms with E-state index in [1.165, 1.54) is 0 Å². The van der Waals surface area contributed by atoms with Crippen molar-refractivity contribution in [1.29, 1.82) is 0 Å². The van der Waals surface area contributed by atoms with Crippen molar-refractivity contribution in [2.45, 2.75) is 52.4 Å². The number of rotatable bonds is 9. The Kier molecular flexibility index (Phi) is 8.64. The lowest BCUT2D eigenvalue weighted by Gasteiger charge is -2.25. The Bertz CT molecular complexity index is 148. The molecule has 15 heavy (non-hydrogen) atoms. The van der Waals surface area contributed by atoms with Gasteiger partial charge in [-0.3, -0.25) is 0 Å². The van der Waals surface area contributed by atoms with Crippen LogP contribution in [0.15, 0.2) is 0 Å². The van der Waals surface area contributed by atoms with Crippen LogP contribution in [0, 0.1) is 0 Å². The third kappa shape index (κ3) is 8.16. The Morgan fingerprint density at radius 3 is 2.07 bits per heavy atom. The SMILES string of the molecule is CCO[Si](C)(CC[Si]OC(C)C)OCC. The van der Waals surface area contributed by atoms with Crippen LogP contribution in [0.4, 0.5) is 0 Å². The second-order valence-electron chi connectivity index (χ2n) is 3.81. The van der Waals surface area contributed by atoms with E-state index in [4.69, 9.17) is 13.3 Å². The maximum absolute atomic E-state index is 5.74. The molecule has 90 valence electrons. The summed E-state index contributed by atoms with van der Waals surface area (Å²) in [7, 11) is -1.32. The Hall–Kier alpha value is 0.314. The molecular formula is C10H24O3Si2. The van der Waals surface area contributed by atoms with Crippen molar-refractivity contribution in [3.8, 4) is 0 Å². The van der Waals surface area contributed by atoms with E-state index in [-0.39, 0.29) is 0 Å². The van der Waals surface area contributed by atoms with E-state index in [0.717, 1.165) is 25.3 Å². The van der Waals surface area contributed by atoms with Crippen LogP contribution in [-0.2, 0) is 13.3 Å². The third-order valence-electron chi connectivity index (χ3n) is 1.90. The molecule has 5 heteroatoms. The standard InChI is InChI=1S/C10H24O3Si2/c1-6-11-15(5,12-7-2)9-8-14-13-10(3)4/h10H,6-9H2,1-5H3. The number of hydrogen-bond acceptors (Lipinski definition) is 3. The molecular weight excluding hydrogens is 224 g/mol. The summed E-state index contributed by atoms with van der Waals surface area (Å²) in [6, 6.07) is 2.08. The van der Waals surface area contributed by atoms with E-state index in [1.807, 2.05) is 13.8 Å². The lowest BCUT2D eigenvalue weighted by Crippen LogP contribution is -2.38. The topological polar surface area (TPSA) is 27.7 Å². The van der Waals surface area contributed by atoms with Crippen LogP contribution < -0.4 is 0 Å². The van der Waals surface area contributed by atoms with Crippen LogP contribution in [0.2, 0.25) is 18.6 Å². The summed E-state index contributed by atoms with van der Waals surface area (Å²) in [5.74, 6) is 0. The molecule has 0 fully saturated rings. The Morgan fingerprint density at radius 2 is 1.67 bits per heavy atom. The van der Waals surface area contributed by atoms with Gasteiger partial charge in [0.05, 0.1) is 0 Å². The molecule has 0 aliphatic carbocycles. The van der Waals surface area contributed by atoms with Gasteiger partial charge in [0.15, 0.2) is 0 Å². The van der Waals surface area contributed by atoms with Gasteiger partial charge in [-0.1, -0.05) is 0 Å². The Morgan fingerprint density at radius 1 is 1.13 bits per heavy atom. The first-order valence-electron chi connectivity index (χ1n) is 5.70. The predicted molar refractivity (Wildman–Crippen MR) is 66.5 cm³/mol. The van der Waals surface area contributed by atoms with Crippen molar-refractivity contribution < 1.29 is 13.3 Å². The second-order valence-corrected chi connectivity index (χ2v) is 8.18. The van der Waals surface area contributed by atoms with Gasteiger partial charge < -0.3 is 13.3 Å². The summed E-state index contributed by atoms with van der Waals surface area (Å²) in [5.41, 5.74) is 0. The summed E-state index contributed by atoms with van der Waals surface area (Å²) < 4.78 is 17.0. The molecule has 0 rings (SSSR count). The second kappa shape index (κ2) is 8.46. The zero-order valence-corrected chi connectivity index (χ0v) is 12.6. The van der Waals surface area contributed by atoms with E-state index < -0.39 is 8.56 Å². The molecule has 0 unspecified atom stereocenters. The zero-order chi connectivity index (χ0) is 11.7. The summed E-state index contributed by atoms with van der Waals surface area (Å²) in [5, 5.41) is 0. The lowest BCUT2D eigenvalue weighted by molar-refractivity contribution is 0.189. The average Bonchev–Trinajstić information content (AvgIpc) is 2.13. The van der Waals surface area contributed by atoms with Crippen molar-refractivity contribution in [3.63, 3.8) is 0 Å². The summed E-state index contributed by atoms with van der Waals surface area (Å²) in [4.78, 5) is 0. The Balaban J connectivity index is 3.75. The molecule has 0 spiro atoms. The van der Waals surface area contributed by atoms with Gasteiger partial charge in [0, 0.05) is 19.3 Å². The maximum Gasteiger partial charge on any atom is 0.334 e. The molecule has 0 aliphatic rings.